The Morgan fingerprint density at radius 2 is 1.89 bits per heavy atom. The van der Waals surface area contributed by atoms with Gasteiger partial charge in [0, 0.05) is 42.7 Å². The normalized spacial score (nSPS) is 11.7. The maximum Gasteiger partial charge on any atom is 0.293 e. The van der Waals surface area contributed by atoms with Crippen molar-refractivity contribution in [3.05, 3.63) is 70.6 Å². The van der Waals surface area contributed by atoms with Crippen LogP contribution in [-0.4, -0.2) is 33.9 Å². The van der Waals surface area contributed by atoms with E-state index in [4.69, 9.17) is 13.6 Å². The van der Waals surface area contributed by atoms with Gasteiger partial charge in [0.1, 0.15) is 5.82 Å². The van der Waals surface area contributed by atoms with Crippen LogP contribution < -0.4 is 15.0 Å². The Kier molecular flexibility index (Phi) is 6.18. The lowest BCUT2D eigenvalue weighted by molar-refractivity contribution is 0.425. The first-order valence-corrected chi connectivity index (χ1v) is 12.8. The topological polar surface area (TPSA) is 142 Å². The SMILES string of the molecule is CCS(=O)(=O)Nc1cnc(Oc2ccc(F)cc2F)c(-c2cn(C)c(=O)c3oc(-c4nnc(C)o4)cc23)c1. The van der Waals surface area contributed by atoms with E-state index in [0.717, 1.165) is 12.1 Å². The molecule has 0 saturated heterocycles. The Morgan fingerprint density at radius 1 is 1.11 bits per heavy atom. The van der Waals surface area contributed by atoms with Gasteiger partial charge in [0.25, 0.3) is 11.4 Å². The molecule has 0 saturated carbocycles. The predicted octanol–water partition coefficient (Wildman–Crippen LogP) is 4.38. The van der Waals surface area contributed by atoms with Gasteiger partial charge >= 0.3 is 0 Å². The average molecular weight is 544 g/mol. The van der Waals surface area contributed by atoms with Crippen molar-refractivity contribution in [2.75, 3.05) is 10.5 Å². The Bertz CT molecular complexity index is 1860. The molecule has 11 nitrogen and oxygen atoms in total. The van der Waals surface area contributed by atoms with Crippen molar-refractivity contribution < 1.29 is 30.8 Å². The van der Waals surface area contributed by atoms with Crippen LogP contribution in [-0.2, 0) is 17.1 Å². The molecular formula is C24H19F2N5O6S. The van der Waals surface area contributed by atoms with E-state index in [2.05, 4.69) is 19.9 Å². The van der Waals surface area contributed by atoms with Crippen LogP contribution in [0.15, 0.2) is 56.4 Å². The molecule has 4 heterocycles. The molecule has 196 valence electrons. The lowest BCUT2D eigenvalue weighted by atomic mass is 10.0. The highest BCUT2D eigenvalue weighted by Crippen LogP contribution is 2.39. The molecule has 38 heavy (non-hydrogen) atoms. The standard InChI is InChI=1S/C24H19F2N5O6S/c1-4-38(33,34)30-14-8-16(22(27-10-14)37-19-6-5-13(25)7-18(19)26)17-11-31(3)24(32)21-15(17)9-20(36-21)23-29-28-12(2)35-23/h5-11,30H,4H2,1-3H3. The third-order valence-corrected chi connectivity index (χ3v) is 6.80. The zero-order chi connectivity index (χ0) is 27.2. The number of aryl methyl sites for hydroxylation is 2. The van der Waals surface area contributed by atoms with Gasteiger partial charge in [0.05, 0.1) is 17.6 Å². The van der Waals surface area contributed by atoms with E-state index in [0.29, 0.717) is 17.0 Å². The van der Waals surface area contributed by atoms with Crippen LogP contribution in [0.5, 0.6) is 11.6 Å². The molecule has 0 aliphatic heterocycles. The lowest BCUT2D eigenvalue weighted by Gasteiger charge is -2.14. The molecule has 5 aromatic rings. The zero-order valence-electron chi connectivity index (χ0n) is 20.2. The van der Waals surface area contributed by atoms with Crippen LogP contribution in [0.2, 0.25) is 0 Å². The van der Waals surface area contributed by atoms with Gasteiger partial charge < -0.3 is 18.1 Å². The second-order valence-corrected chi connectivity index (χ2v) is 10.2. The number of hydrogen-bond donors (Lipinski definition) is 1. The number of hydrogen-bond acceptors (Lipinski definition) is 9. The highest BCUT2D eigenvalue weighted by molar-refractivity contribution is 7.92. The van der Waals surface area contributed by atoms with E-state index < -0.39 is 27.2 Å². The van der Waals surface area contributed by atoms with Gasteiger partial charge in [-0.15, -0.1) is 10.2 Å². The van der Waals surface area contributed by atoms with Crippen molar-refractivity contribution in [3.8, 4) is 34.4 Å². The van der Waals surface area contributed by atoms with E-state index in [1.165, 1.54) is 43.1 Å². The number of nitrogens with one attached hydrogen (secondary N) is 1. The summed E-state index contributed by atoms with van der Waals surface area (Å²) in [6.45, 7) is 3.06. The summed E-state index contributed by atoms with van der Waals surface area (Å²) in [5.74, 6) is -1.99. The summed E-state index contributed by atoms with van der Waals surface area (Å²) in [4.78, 5) is 17.1. The molecule has 0 atom stereocenters. The second-order valence-electron chi connectivity index (χ2n) is 8.20. The largest absolute Gasteiger partial charge is 0.445 e. The lowest BCUT2D eigenvalue weighted by Crippen LogP contribution is -2.16. The fourth-order valence-corrected chi connectivity index (χ4v) is 4.26. The Balaban J connectivity index is 1.74. The molecule has 1 aromatic carbocycles. The molecule has 0 aliphatic rings. The van der Waals surface area contributed by atoms with E-state index in [9.17, 15) is 22.0 Å². The average Bonchev–Trinajstić information content (AvgIpc) is 3.51. The summed E-state index contributed by atoms with van der Waals surface area (Å²) >= 11 is 0. The Labute approximate surface area is 213 Å². The monoisotopic (exact) mass is 543 g/mol. The quantitative estimate of drug-likeness (QED) is 0.316. The van der Waals surface area contributed by atoms with E-state index in [1.54, 1.807) is 6.92 Å². The molecule has 1 N–H and O–H groups in total. The van der Waals surface area contributed by atoms with Gasteiger partial charge in [-0.1, -0.05) is 0 Å². The first-order valence-electron chi connectivity index (χ1n) is 11.1. The van der Waals surface area contributed by atoms with Crippen molar-refractivity contribution >= 4 is 26.7 Å². The van der Waals surface area contributed by atoms with E-state index in [1.807, 2.05) is 0 Å². The van der Waals surface area contributed by atoms with E-state index in [-0.39, 0.29) is 51.8 Å². The number of fused-ring (bicyclic) bond motifs is 1. The molecule has 0 unspecified atom stereocenters. The van der Waals surface area contributed by atoms with Crippen LogP contribution in [0.1, 0.15) is 12.8 Å². The first-order chi connectivity index (χ1) is 18.0. The molecule has 0 amide bonds. The van der Waals surface area contributed by atoms with E-state index >= 15 is 0 Å². The van der Waals surface area contributed by atoms with Crippen LogP contribution >= 0.6 is 0 Å². The van der Waals surface area contributed by atoms with Crippen LogP contribution in [0, 0.1) is 18.6 Å². The summed E-state index contributed by atoms with van der Waals surface area (Å²) in [6, 6.07) is 5.68. The number of aromatic nitrogens is 4. The number of furan rings is 1. The molecule has 5 rings (SSSR count). The smallest absolute Gasteiger partial charge is 0.293 e. The molecular weight excluding hydrogens is 524 g/mol. The third kappa shape index (κ3) is 4.72. The first kappa shape index (κ1) is 25.1. The number of sulfonamides is 1. The zero-order valence-corrected chi connectivity index (χ0v) is 21.0. The van der Waals surface area contributed by atoms with Gasteiger partial charge in [0.2, 0.25) is 27.4 Å². The number of ether oxygens (including phenoxy) is 1. The Morgan fingerprint density at radius 3 is 2.58 bits per heavy atom. The summed E-state index contributed by atoms with van der Waals surface area (Å²) in [7, 11) is -2.19. The molecule has 0 fully saturated rings. The van der Waals surface area contributed by atoms with Crippen molar-refractivity contribution in [2.24, 2.45) is 7.05 Å². The number of benzene rings is 1. The summed E-state index contributed by atoms with van der Waals surface area (Å²) in [5.41, 5.74) is 0.0611. The highest BCUT2D eigenvalue weighted by atomic mass is 32.2. The Hall–Kier alpha value is -4.59. The number of pyridine rings is 2. The maximum absolute atomic E-state index is 14.4. The molecule has 0 aliphatic carbocycles. The third-order valence-electron chi connectivity index (χ3n) is 5.49. The van der Waals surface area contributed by atoms with Crippen molar-refractivity contribution in [3.63, 3.8) is 0 Å². The fourth-order valence-electron chi connectivity index (χ4n) is 3.64. The van der Waals surface area contributed by atoms with Crippen LogP contribution in [0.4, 0.5) is 14.5 Å². The summed E-state index contributed by atoms with van der Waals surface area (Å²) in [6.07, 6.45) is 2.65. The molecule has 0 bridgehead atoms. The summed E-state index contributed by atoms with van der Waals surface area (Å²) in [5, 5.41) is 7.97. The van der Waals surface area contributed by atoms with Crippen molar-refractivity contribution in [1.82, 2.24) is 19.7 Å². The van der Waals surface area contributed by atoms with Gasteiger partial charge in [-0.05, 0) is 31.2 Å². The molecule has 14 heteroatoms. The fraction of sp³-hybridized carbons (Fsp3) is 0.167. The number of nitrogens with zero attached hydrogens (tertiary/aromatic N) is 4. The summed E-state index contributed by atoms with van der Waals surface area (Å²) < 4.78 is 72.8. The van der Waals surface area contributed by atoms with Gasteiger partial charge in [0.15, 0.2) is 17.3 Å². The molecule has 0 spiro atoms. The number of anilines is 1. The molecule has 4 aromatic heterocycles. The van der Waals surface area contributed by atoms with Crippen LogP contribution in [0.25, 0.3) is 33.7 Å². The minimum atomic E-state index is -3.68. The van der Waals surface area contributed by atoms with Gasteiger partial charge in [-0.2, -0.15) is 0 Å². The van der Waals surface area contributed by atoms with Crippen molar-refractivity contribution in [2.45, 2.75) is 13.8 Å². The highest BCUT2D eigenvalue weighted by Gasteiger charge is 2.23. The number of halogens is 2. The van der Waals surface area contributed by atoms with Gasteiger partial charge in [-0.3, -0.25) is 9.52 Å². The molecule has 0 radical (unpaired) electrons. The maximum atomic E-state index is 14.4. The predicted molar refractivity (Wildman–Crippen MR) is 132 cm³/mol. The number of rotatable bonds is 7. The minimum Gasteiger partial charge on any atom is -0.445 e. The van der Waals surface area contributed by atoms with Gasteiger partial charge in [-0.25, -0.2) is 22.2 Å². The van der Waals surface area contributed by atoms with Crippen molar-refractivity contribution in [1.29, 1.82) is 0 Å². The van der Waals surface area contributed by atoms with Crippen LogP contribution in [0.3, 0.4) is 0 Å². The minimum absolute atomic E-state index is 0.0409. The second kappa shape index (κ2) is 9.37.